The lowest BCUT2D eigenvalue weighted by molar-refractivity contribution is -0.116. The fourth-order valence-corrected chi connectivity index (χ4v) is 3.13. The molecule has 0 aliphatic heterocycles. The van der Waals surface area contributed by atoms with Gasteiger partial charge in [-0.2, -0.15) is 4.31 Å². The summed E-state index contributed by atoms with van der Waals surface area (Å²) in [6, 6.07) is 13.2. The number of aryl methyl sites for hydroxylation is 1. The van der Waals surface area contributed by atoms with E-state index in [9.17, 15) is 17.6 Å². The fourth-order valence-electron chi connectivity index (χ4n) is 2.41. The van der Waals surface area contributed by atoms with Gasteiger partial charge >= 0.3 is 0 Å². The van der Waals surface area contributed by atoms with E-state index >= 15 is 0 Å². The highest BCUT2D eigenvalue weighted by Gasteiger charge is 2.22. The Labute approximate surface area is 147 Å². The number of carbonyl (C=O) groups is 1. The van der Waals surface area contributed by atoms with Crippen LogP contribution in [0.5, 0.6) is 0 Å². The molecule has 0 unspecified atom stereocenters. The minimum absolute atomic E-state index is 0.200. The molecule has 0 spiro atoms. The third-order valence-electron chi connectivity index (χ3n) is 3.77. The Morgan fingerprint density at radius 3 is 2.28 bits per heavy atom. The number of carbonyl (C=O) groups excluding carboxylic acids is 1. The van der Waals surface area contributed by atoms with E-state index in [0.717, 1.165) is 22.5 Å². The van der Waals surface area contributed by atoms with Crippen LogP contribution in [-0.4, -0.2) is 31.4 Å². The zero-order valence-corrected chi connectivity index (χ0v) is 15.0. The third-order valence-corrected chi connectivity index (χ3v) is 4.96. The molecule has 1 N–H and O–H groups in total. The van der Waals surface area contributed by atoms with E-state index in [0.29, 0.717) is 5.69 Å². The van der Waals surface area contributed by atoms with E-state index < -0.39 is 21.7 Å². The first-order valence-corrected chi connectivity index (χ1v) is 9.72. The van der Waals surface area contributed by atoms with Gasteiger partial charge < -0.3 is 5.32 Å². The van der Waals surface area contributed by atoms with Crippen LogP contribution in [0.1, 0.15) is 18.1 Å². The van der Waals surface area contributed by atoms with Crippen molar-refractivity contribution in [1.29, 1.82) is 0 Å². The quantitative estimate of drug-likeness (QED) is 0.821. The second-order valence-electron chi connectivity index (χ2n) is 5.68. The monoisotopic (exact) mass is 364 g/mol. The number of hydrogen-bond donors (Lipinski definition) is 1. The maximum atomic E-state index is 13.8. The lowest BCUT2D eigenvalue weighted by Crippen LogP contribution is -2.37. The summed E-state index contributed by atoms with van der Waals surface area (Å²) in [5.74, 6) is -0.976. The molecular formula is C18H21FN2O3S. The summed E-state index contributed by atoms with van der Waals surface area (Å²) in [7, 11) is -3.68. The molecule has 0 saturated heterocycles. The highest BCUT2D eigenvalue weighted by atomic mass is 32.2. The topological polar surface area (TPSA) is 66.5 Å². The number of para-hydroxylation sites is 1. The van der Waals surface area contributed by atoms with E-state index in [1.165, 1.54) is 18.2 Å². The molecule has 1 amide bonds. The van der Waals surface area contributed by atoms with Gasteiger partial charge in [-0.25, -0.2) is 12.8 Å². The van der Waals surface area contributed by atoms with Crippen molar-refractivity contribution < 1.29 is 17.6 Å². The number of amides is 1. The Balaban J connectivity index is 2.15. The smallest absolute Gasteiger partial charge is 0.239 e. The third kappa shape index (κ3) is 5.37. The number of hydrogen-bond acceptors (Lipinski definition) is 3. The molecule has 134 valence electrons. The van der Waals surface area contributed by atoms with Crippen LogP contribution in [0, 0.1) is 5.82 Å². The molecule has 2 rings (SSSR count). The summed E-state index contributed by atoms with van der Waals surface area (Å²) in [5.41, 5.74) is 1.82. The van der Waals surface area contributed by atoms with E-state index in [1.807, 2.05) is 19.1 Å². The molecule has 0 fully saturated rings. The predicted octanol–water partition coefficient (Wildman–Crippen LogP) is 2.79. The molecule has 5 nitrogen and oxygen atoms in total. The van der Waals surface area contributed by atoms with Crippen molar-refractivity contribution in [2.45, 2.75) is 19.9 Å². The molecule has 0 heterocycles. The van der Waals surface area contributed by atoms with Crippen molar-refractivity contribution >= 4 is 21.6 Å². The zero-order valence-electron chi connectivity index (χ0n) is 14.2. The van der Waals surface area contributed by atoms with E-state index in [-0.39, 0.29) is 18.7 Å². The van der Waals surface area contributed by atoms with Crippen molar-refractivity contribution in [3.05, 3.63) is 65.5 Å². The zero-order chi connectivity index (χ0) is 18.4. The van der Waals surface area contributed by atoms with Crippen LogP contribution in [0.4, 0.5) is 10.1 Å². The van der Waals surface area contributed by atoms with Crippen LogP contribution in [0.3, 0.4) is 0 Å². The maximum Gasteiger partial charge on any atom is 0.239 e. The lowest BCUT2D eigenvalue weighted by Gasteiger charge is -2.20. The molecule has 0 atom stereocenters. The second kappa shape index (κ2) is 8.22. The van der Waals surface area contributed by atoms with Crippen molar-refractivity contribution in [2.24, 2.45) is 0 Å². The standard InChI is InChI=1S/C18H21FN2O3S/c1-3-14-8-5-7-11-17(14)20-18(22)13-21(25(2,23)24)12-15-9-4-6-10-16(15)19/h4-11H,3,12-13H2,1-2H3,(H,20,22). The van der Waals surface area contributed by atoms with Gasteiger partial charge in [-0.1, -0.05) is 43.3 Å². The number of rotatable bonds is 7. The maximum absolute atomic E-state index is 13.8. The molecule has 0 bridgehead atoms. The fraction of sp³-hybridized carbons (Fsp3) is 0.278. The Morgan fingerprint density at radius 2 is 1.68 bits per heavy atom. The molecule has 0 aliphatic rings. The first-order chi connectivity index (χ1) is 11.8. The summed E-state index contributed by atoms with van der Waals surface area (Å²) >= 11 is 0. The van der Waals surface area contributed by atoms with Crippen LogP contribution in [-0.2, 0) is 27.8 Å². The molecule has 0 saturated carbocycles. The predicted molar refractivity (Wildman–Crippen MR) is 96.1 cm³/mol. The molecule has 2 aromatic carbocycles. The average Bonchev–Trinajstić information content (AvgIpc) is 2.55. The SMILES string of the molecule is CCc1ccccc1NC(=O)CN(Cc1ccccc1F)S(C)(=O)=O. The number of nitrogens with one attached hydrogen (secondary N) is 1. The Kier molecular flexibility index (Phi) is 6.27. The second-order valence-corrected chi connectivity index (χ2v) is 7.66. The first kappa shape index (κ1) is 19.1. The summed E-state index contributed by atoms with van der Waals surface area (Å²) < 4.78 is 38.7. The minimum atomic E-state index is -3.68. The highest BCUT2D eigenvalue weighted by molar-refractivity contribution is 7.88. The lowest BCUT2D eigenvalue weighted by atomic mass is 10.1. The van der Waals surface area contributed by atoms with Crippen molar-refractivity contribution in [2.75, 3.05) is 18.1 Å². The van der Waals surface area contributed by atoms with Crippen molar-refractivity contribution in [3.63, 3.8) is 0 Å². The molecule has 0 radical (unpaired) electrons. The summed E-state index contributed by atoms with van der Waals surface area (Å²) in [5, 5.41) is 2.73. The van der Waals surface area contributed by atoms with Gasteiger partial charge in [0.25, 0.3) is 0 Å². The van der Waals surface area contributed by atoms with E-state index in [4.69, 9.17) is 0 Å². The molecular weight excluding hydrogens is 343 g/mol. The van der Waals surface area contributed by atoms with Crippen molar-refractivity contribution in [3.8, 4) is 0 Å². The Hall–Kier alpha value is -2.25. The Bertz CT molecular complexity index is 853. The molecule has 7 heteroatoms. The largest absolute Gasteiger partial charge is 0.325 e. The van der Waals surface area contributed by atoms with Gasteiger partial charge in [-0.3, -0.25) is 4.79 Å². The van der Waals surface area contributed by atoms with Gasteiger partial charge in [-0.15, -0.1) is 0 Å². The number of sulfonamides is 1. The van der Waals surface area contributed by atoms with Gasteiger partial charge in [0.15, 0.2) is 0 Å². The number of nitrogens with zero attached hydrogens (tertiary/aromatic N) is 1. The molecule has 0 aromatic heterocycles. The van der Waals surface area contributed by atoms with Gasteiger partial charge in [0, 0.05) is 17.8 Å². The highest BCUT2D eigenvalue weighted by Crippen LogP contribution is 2.16. The van der Waals surface area contributed by atoms with Gasteiger partial charge in [0.1, 0.15) is 5.82 Å². The summed E-state index contributed by atoms with van der Waals surface area (Å²) in [4.78, 5) is 12.3. The first-order valence-electron chi connectivity index (χ1n) is 7.87. The van der Waals surface area contributed by atoms with Crippen LogP contribution in [0.25, 0.3) is 0 Å². The number of benzene rings is 2. The van der Waals surface area contributed by atoms with Crippen LogP contribution in [0.2, 0.25) is 0 Å². The van der Waals surface area contributed by atoms with Crippen LogP contribution >= 0.6 is 0 Å². The summed E-state index contributed by atoms with van der Waals surface area (Å²) in [6.07, 6.45) is 1.74. The number of halogens is 1. The van der Waals surface area contributed by atoms with Crippen LogP contribution in [0.15, 0.2) is 48.5 Å². The molecule has 25 heavy (non-hydrogen) atoms. The average molecular weight is 364 g/mol. The van der Waals surface area contributed by atoms with Crippen LogP contribution < -0.4 is 5.32 Å². The number of anilines is 1. The van der Waals surface area contributed by atoms with Crippen molar-refractivity contribution in [1.82, 2.24) is 4.31 Å². The minimum Gasteiger partial charge on any atom is -0.325 e. The van der Waals surface area contributed by atoms with E-state index in [2.05, 4.69) is 5.32 Å². The summed E-state index contributed by atoms with van der Waals surface area (Å²) in [6.45, 7) is 1.38. The molecule has 0 aliphatic carbocycles. The van der Waals surface area contributed by atoms with Gasteiger partial charge in [0.05, 0.1) is 12.8 Å². The molecule has 2 aromatic rings. The Morgan fingerprint density at radius 1 is 1.08 bits per heavy atom. The normalized spacial score (nSPS) is 11.5. The van der Waals surface area contributed by atoms with Gasteiger partial charge in [0.2, 0.25) is 15.9 Å². The van der Waals surface area contributed by atoms with E-state index in [1.54, 1.807) is 18.2 Å². The van der Waals surface area contributed by atoms with Gasteiger partial charge in [-0.05, 0) is 24.1 Å².